The zero-order valence-corrected chi connectivity index (χ0v) is 11.2. The lowest BCUT2D eigenvalue weighted by atomic mass is 10.1. The number of nitrogens with zero attached hydrogens (tertiary/aromatic N) is 1. The van der Waals surface area contributed by atoms with E-state index in [-0.39, 0.29) is 0 Å². The third-order valence-electron chi connectivity index (χ3n) is 2.60. The summed E-state index contributed by atoms with van der Waals surface area (Å²) in [5, 5.41) is 9.83. The van der Waals surface area contributed by atoms with Gasteiger partial charge in [0, 0.05) is 13.1 Å². The smallest absolute Gasteiger partial charge is 0.119 e. The Hall–Kier alpha value is -1.06. The molecule has 0 spiro atoms. The lowest BCUT2D eigenvalue weighted by Gasteiger charge is -2.28. The standard InChI is InChI=1S/C14H23NO2/c1-5-15(11-14(2,3)16)10-12-7-6-8-13(9-12)17-4/h6-9,16H,5,10-11H2,1-4H3. The van der Waals surface area contributed by atoms with Crippen LogP contribution < -0.4 is 4.74 Å². The highest BCUT2D eigenvalue weighted by Gasteiger charge is 2.17. The molecule has 3 nitrogen and oxygen atoms in total. The maximum atomic E-state index is 9.83. The molecule has 0 amide bonds. The molecule has 1 rings (SSSR count). The van der Waals surface area contributed by atoms with Crippen molar-refractivity contribution >= 4 is 0 Å². The summed E-state index contributed by atoms with van der Waals surface area (Å²) >= 11 is 0. The van der Waals surface area contributed by atoms with Gasteiger partial charge >= 0.3 is 0 Å². The van der Waals surface area contributed by atoms with E-state index in [2.05, 4.69) is 17.9 Å². The first-order valence-corrected chi connectivity index (χ1v) is 6.02. The Balaban J connectivity index is 2.67. The zero-order chi connectivity index (χ0) is 12.9. The highest BCUT2D eigenvalue weighted by atomic mass is 16.5. The summed E-state index contributed by atoms with van der Waals surface area (Å²) in [6, 6.07) is 8.05. The van der Waals surface area contributed by atoms with Crippen LogP contribution in [0.5, 0.6) is 5.75 Å². The van der Waals surface area contributed by atoms with Crippen LogP contribution >= 0.6 is 0 Å². The first-order valence-electron chi connectivity index (χ1n) is 6.02. The minimum atomic E-state index is -0.658. The monoisotopic (exact) mass is 237 g/mol. The first kappa shape index (κ1) is 14.0. The maximum Gasteiger partial charge on any atom is 0.119 e. The van der Waals surface area contributed by atoms with Crippen molar-refractivity contribution in [2.45, 2.75) is 32.9 Å². The Morgan fingerprint density at radius 3 is 2.59 bits per heavy atom. The lowest BCUT2D eigenvalue weighted by molar-refractivity contribution is 0.0353. The molecule has 96 valence electrons. The van der Waals surface area contributed by atoms with Gasteiger partial charge in [-0.3, -0.25) is 4.90 Å². The van der Waals surface area contributed by atoms with Gasteiger partial charge in [0.15, 0.2) is 0 Å². The van der Waals surface area contributed by atoms with E-state index in [0.29, 0.717) is 6.54 Å². The van der Waals surface area contributed by atoms with Crippen molar-refractivity contribution in [2.75, 3.05) is 20.2 Å². The van der Waals surface area contributed by atoms with Crippen LogP contribution in [0.3, 0.4) is 0 Å². The second-order valence-electron chi connectivity index (χ2n) is 4.97. The van der Waals surface area contributed by atoms with Gasteiger partial charge < -0.3 is 9.84 Å². The van der Waals surface area contributed by atoms with E-state index in [9.17, 15) is 5.11 Å². The average Bonchev–Trinajstić information content (AvgIpc) is 2.26. The second-order valence-corrected chi connectivity index (χ2v) is 4.97. The third kappa shape index (κ3) is 5.20. The van der Waals surface area contributed by atoms with Crippen molar-refractivity contribution in [3.63, 3.8) is 0 Å². The van der Waals surface area contributed by atoms with Crippen LogP contribution in [0.1, 0.15) is 26.3 Å². The highest BCUT2D eigenvalue weighted by molar-refractivity contribution is 5.28. The van der Waals surface area contributed by atoms with Gasteiger partial charge in [0.2, 0.25) is 0 Å². The van der Waals surface area contributed by atoms with Gasteiger partial charge in [0.25, 0.3) is 0 Å². The van der Waals surface area contributed by atoms with Crippen LogP contribution in [0.15, 0.2) is 24.3 Å². The van der Waals surface area contributed by atoms with Gasteiger partial charge in [-0.05, 0) is 38.1 Å². The average molecular weight is 237 g/mol. The number of ether oxygens (including phenoxy) is 1. The normalized spacial score (nSPS) is 11.9. The number of hydrogen-bond acceptors (Lipinski definition) is 3. The van der Waals surface area contributed by atoms with E-state index >= 15 is 0 Å². The topological polar surface area (TPSA) is 32.7 Å². The van der Waals surface area contributed by atoms with E-state index in [1.54, 1.807) is 7.11 Å². The molecule has 0 heterocycles. The van der Waals surface area contributed by atoms with E-state index in [4.69, 9.17) is 4.74 Å². The Labute approximate surface area is 104 Å². The number of methoxy groups -OCH3 is 1. The van der Waals surface area contributed by atoms with Gasteiger partial charge in [-0.25, -0.2) is 0 Å². The molecule has 0 fully saturated rings. The predicted octanol–water partition coefficient (Wildman–Crippen LogP) is 2.29. The van der Waals surface area contributed by atoms with E-state index < -0.39 is 5.60 Å². The Morgan fingerprint density at radius 2 is 2.06 bits per heavy atom. The van der Waals surface area contributed by atoms with Crippen LogP contribution in [0.4, 0.5) is 0 Å². The van der Waals surface area contributed by atoms with Crippen LogP contribution in [0, 0.1) is 0 Å². The quantitative estimate of drug-likeness (QED) is 0.824. The summed E-state index contributed by atoms with van der Waals surface area (Å²) in [6.45, 7) is 8.19. The van der Waals surface area contributed by atoms with Gasteiger partial charge in [0.1, 0.15) is 5.75 Å². The molecule has 1 aromatic rings. The van der Waals surface area contributed by atoms with Crippen molar-refractivity contribution in [2.24, 2.45) is 0 Å². The van der Waals surface area contributed by atoms with Crippen LogP contribution in [-0.2, 0) is 6.54 Å². The number of likely N-dealkylation sites (N-methyl/N-ethyl adjacent to an activating group) is 1. The molecule has 0 aromatic heterocycles. The molecule has 0 saturated heterocycles. The minimum absolute atomic E-state index is 0.658. The molecule has 0 unspecified atom stereocenters. The predicted molar refractivity (Wildman–Crippen MR) is 70.2 cm³/mol. The molecule has 1 aromatic carbocycles. The summed E-state index contributed by atoms with van der Waals surface area (Å²) in [6.07, 6.45) is 0. The Kier molecular flexibility index (Phi) is 4.97. The van der Waals surface area contributed by atoms with Gasteiger partial charge in [-0.2, -0.15) is 0 Å². The molecule has 0 aliphatic heterocycles. The highest BCUT2D eigenvalue weighted by Crippen LogP contribution is 2.15. The van der Waals surface area contributed by atoms with Crippen LogP contribution in [0.2, 0.25) is 0 Å². The summed E-state index contributed by atoms with van der Waals surface area (Å²) in [7, 11) is 1.67. The molecular weight excluding hydrogens is 214 g/mol. The van der Waals surface area contributed by atoms with Crippen molar-refractivity contribution < 1.29 is 9.84 Å². The third-order valence-corrected chi connectivity index (χ3v) is 2.60. The molecule has 3 heteroatoms. The summed E-state index contributed by atoms with van der Waals surface area (Å²) < 4.78 is 5.20. The number of aliphatic hydroxyl groups is 1. The van der Waals surface area contributed by atoms with Crippen molar-refractivity contribution in [1.29, 1.82) is 0 Å². The molecule has 0 radical (unpaired) electrons. The summed E-state index contributed by atoms with van der Waals surface area (Å²) in [4.78, 5) is 2.22. The van der Waals surface area contributed by atoms with Crippen LogP contribution in [-0.4, -0.2) is 35.8 Å². The second kappa shape index (κ2) is 6.03. The fraction of sp³-hybridized carbons (Fsp3) is 0.571. The maximum absolute atomic E-state index is 9.83. The summed E-state index contributed by atoms with van der Waals surface area (Å²) in [5.41, 5.74) is 0.546. The number of benzene rings is 1. The molecule has 0 saturated carbocycles. The zero-order valence-electron chi connectivity index (χ0n) is 11.2. The SMILES string of the molecule is CCN(Cc1cccc(OC)c1)CC(C)(C)O. The minimum Gasteiger partial charge on any atom is -0.497 e. The lowest BCUT2D eigenvalue weighted by Crippen LogP contribution is -2.38. The molecule has 17 heavy (non-hydrogen) atoms. The van der Waals surface area contributed by atoms with Crippen molar-refractivity contribution in [1.82, 2.24) is 4.90 Å². The van der Waals surface area contributed by atoms with Crippen LogP contribution in [0.25, 0.3) is 0 Å². The number of rotatable bonds is 6. The molecule has 0 atom stereocenters. The molecule has 1 N–H and O–H groups in total. The van der Waals surface area contributed by atoms with Gasteiger partial charge in [-0.1, -0.05) is 19.1 Å². The number of hydrogen-bond donors (Lipinski definition) is 1. The van der Waals surface area contributed by atoms with E-state index in [1.807, 2.05) is 32.0 Å². The summed E-state index contributed by atoms with van der Waals surface area (Å²) in [5.74, 6) is 0.877. The van der Waals surface area contributed by atoms with Gasteiger partial charge in [0.05, 0.1) is 12.7 Å². The Morgan fingerprint density at radius 1 is 1.35 bits per heavy atom. The van der Waals surface area contributed by atoms with Crippen molar-refractivity contribution in [3.8, 4) is 5.75 Å². The molecule has 0 aliphatic rings. The van der Waals surface area contributed by atoms with E-state index in [0.717, 1.165) is 18.8 Å². The van der Waals surface area contributed by atoms with Gasteiger partial charge in [-0.15, -0.1) is 0 Å². The Bertz CT molecular complexity index is 344. The first-order chi connectivity index (χ1) is 7.94. The fourth-order valence-electron chi connectivity index (χ4n) is 1.86. The fourth-order valence-corrected chi connectivity index (χ4v) is 1.86. The largest absolute Gasteiger partial charge is 0.497 e. The molecular formula is C14H23NO2. The molecule has 0 bridgehead atoms. The molecule has 0 aliphatic carbocycles. The van der Waals surface area contributed by atoms with Crippen molar-refractivity contribution in [3.05, 3.63) is 29.8 Å². The van der Waals surface area contributed by atoms with E-state index in [1.165, 1.54) is 5.56 Å².